The number of anilines is 2. The van der Waals surface area contributed by atoms with E-state index in [1.807, 2.05) is 4.90 Å². The second kappa shape index (κ2) is 13.4. The van der Waals surface area contributed by atoms with E-state index in [1.54, 1.807) is 37.2 Å². The summed E-state index contributed by atoms with van der Waals surface area (Å²) in [4.78, 5) is 10.6. The van der Waals surface area contributed by atoms with E-state index in [0.717, 1.165) is 6.54 Å². The molecule has 2 aromatic carbocycles. The molecular formula is C34H39F7N4O3. The maximum absolute atomic E-state index is 14.3. The third-order valence-electron chi connectivity index (χ3n) is 9.40. The zero-order valence-electron chi connectivity index (χ0n) is 27.3. The van der Waals surface area contributed by atoms with Gasteiger partial charge < -0.3 is 24.4 Å². The average molecular weight is 685 g/mol. The number of benzene rings is 2. The number of nitrogens with zero attached hydrogens (tertiary/aromatic N) is 4. The molecule has 0 aliphatic carbocycles. The molecule has 2 aliphatic rings. The zero-order valence-corrected chi connectivity index (χ0v) is 27.3. The molecule has 262 valence electrons. The number of fused-ring (bicyclic) bond motifs is 1. The minimum Gasteiger partial charge on any atom is -0.394 e. The van der Waals surface area contributed by atoms with Crippen molar-refractivity contribution in [1.82, 2.24) is 9.88 Å². The Morgan fingerprint density at radius 2 is 1.62 bits per heavy atom. The van der Waals surface area contributed by atoms with E-state index in [1.165, 1.54) is 33.1 Å². The molecule has 7 nitrogen and oxygen atoms in total. The monoisotopic (exact) mass is 684 g/mol. The Hall–Kier alpha value is -3.46. The summed E-state index contributed by atoms with van der Waals surface area (Å²) in [5, 5.41) is 10.3. The first-order valence-electron chi connectivity index (χ1n) is 15.5. The summed E-state index contributed by atoms with van der Waals surface area (Å²) in [6.45, 7) is 7.62. The summed E-state index contributed by atoms with van der Waals surface area (Å²) in [6, 6.07) is 7.42. The van der Waals surface area contributed by atoms with E-state index in [-0.39, 0.29) is 30.3 Å². The van der Waals surface area contributed by atoms with Gasteiger partial charge in [-0.3, -0.25) is 4.90 Å². The van der Waals surface area contributed by atoms with Crippen molar-refractivity contribution in [3.63, 3.8) is 0 Å². The minimum atomic E-state index is -5.02. The number of aromatic nitrogens is 1. The van der Waals surface area contributed by atoms with Crippen molar-refractivity contribution in [2.45, 2.75) is 56.9 Å². The molecule has 0 saturated carbocycles. The van der Waals surface area contributed by atoms with Crippen LogP contribution in [0.4, 0.5) is 42.2 Å². The normalized spacial score (nSPS) is 20.1. The lowest BCUT2D eigenvalue weighted by atomic mass is 9.80. The molecular weight excluding hydrogens is 645 g/mol. The maximum atomic E-state index is 14.3. The van der Waals surface area contributed by atoms with Gasteiger partial charge in [0.25, 0.3) is 0 Å². The largest absolute Gasteiger partial charge is 0.416 e. The number of pyridine rings is 1. The number of ether oxygens (including phenoxy) is 2. The third-order valence-corrected chi connectivity index (χ3v) is 9.40. The lowest BCUT2D eigenvalue weighted by Crippen LogP contribution is -2.63. The van der Waals surface area contributed by atoms with E-state index >= 15 is 0 Å². The number of hydrogen-bond acceptors (Lipinski definition) is 7. The molecule has 48 heavy (non-hydrogen) atoms. The van der Waals surface area contributed by atoms with Gasteiger partial charge in [0.05, 0.1) is 54.9 Å². The first-order chi connectivity index (χ1) is 22.4. The number of aryl methyl sites for hydroxylation is 1. The molecule has 2 saturated heterocycles. The van der Waals surface area contributed by atoms with Crippen LogP contribution in [-0.4, -0.2) is 86.9 Å². The van der Waals surface area contributed by atoms with Crippen LogP contribution < -0.4 is 9.80 Å². The number of aliphatic hydroxyl groups excluding tert-OH is 1. The second-order valence-corrected chi connectivity index (χ2v) is 12.9. The lowest BCUT2D eigenvalue weighted by molar-refractivity contribution is -0.143. The first kappa shape index (κ1) is 35.8. The van der Waals surface area contributed by atoms with Crippen molar-refractivity contribution in [2.24, 2.45) is 0 Å². The second-order valence-electron chi connectivity index (χ2n) is 12.9. The molecule has 1 aromatic heterocycles. The van der Waals surface area contributed by atoms with Crippen molar-refractivity contribution in [1.29, 1.82) is 0 Å². The fourth-order valence-electron chi connectivity index (χ4n) is 6.83. The molecule has 2 aliphatic heterocycles. The molecule has 1 N–H and O–H groups in total. The molecule has 0 bridgehead atoms. The Kier molecular flexibility index (Phi) is 10.0. The van der Waals surface area contributed by atoms with Crippen molar-refractivity contribution in [2.75, 3.05) is 63.4 Å². The van der Waals surface area contributed by atoms with Gasteiger partial charge in [-0.25, -0.2) is 9.37 Å². The number of aliphatic hydroxyl groups is 1. The van der Waals surface area contributed by atoms with Crippen LogP contribution in [-0.2, 0) is 27.2 Å². The molecule has 1 unspecified atom stereocenters. The summed E-state index contributed by atoms with van der Waals surface area (Å²) in [6.07, 6.45) is -9.58. The van der Waals surface area contributed by atoms with E-state index in [9.17, 15) is 35.8 Å². The molecule has 3 atom stereocenters. The van der Waals surface area contributed by atoms with Gasteiger partial charge in [-0.05, 0) is 60.0 Å². The maximum Gasteiger partial charge on any atom is 0.416 e. The van der Waals surface area contributed by atoms with Gasteiger partial charge >= 0.3 is 12.4 Å². The fourth-order valence-corrected chi connectivity index (χ4v) is 6.83. The molecule has 0 amide bonds. The molecule has 3 heterocycles. The number of morpholine rings is 1. The quantitative estimate of drug-likeness (QED) is 0.215. The number of likely N-dealkylation sites (N-methyl/N-ethyl adjacent to an activating group) is 1. The van der Waals surface area contributed by atoms with Crippen LogP contribution >= 0.6 is 0 Å². The van der Waals surface area contributed by atoms with Gasteiger partial charge in [0.1, 0.15) is 17.9 Å². The number of halogens is 7. The average Bonchev–Trinajstić information content (AvgIpc) is 3.03. The SMILES string of the molecule is COC(N(C)c1cnc(N2C[C@H]3COCCN3C[C@H]2CO)cc1-c1ccc(F)cc1C)C(C)(C)c1cc(C(F)(F)F)cc(C(F)(F)F)c1. The Morgan fingerprint density at radius 3 is 2.21 bits per heavy atom. The standard InChI is InChI=1S/C34H39F7N4O3/c1-20-10-24(35)6-7-27(20)28-14-30(45-17-26-19-48-9-8-44(26)16-25(45)18-46)42-15-29(28)43(4)31(47-5)32(2,3)21-11-22(33(36,37)38)13-23(12-21)34(39,40)41/h6-7,10-15,25-26,31,46H,8-9,16-19H2,1-5H3/t25-,26-,31?/m0/s1. The molecule has 5 rings (SSSR count). The van der Waals surface area contributed by atoms with Gasteiger partial charge in [-0.2, -0.15) is 26.3 Å². The van der Waals surface area contributed by atoms with Crippen molar-refractivity contribution >= 4 is 11.5 Å². The predicted molar refractivity (Wildman–Crippen MR) is 167 cm³/mol. The molecule has 0 spiro atoms. The van der Waals surface area contributed by atoms with Crippen LogP contribution in [0.15, 0.2) is 48.7 Å². The minimum absolute atomic E-state index is 0.0782. The third kappa shape index (κ3) is 7.12. The van der Waals surface area contributed by atoms with Crippen LogP contribution in [0.25, 0.3) is 11.1 Å². The van der Waals surface area contributed by atoms with Crippen LogP contribution in [0.3, 0.4) is 0 Å². The van der Waals surface area contributed by atoms with Gasteiger partial charge in [-0.1, -0.05) is 19.9 Å². The topological polar surface area (TPSA) is 61.3 Å². The summed E-state index contributed by atoms with van der Waals surface area (Å²) in [5.74, 6) is 0.0891. The number of rotatable bonds is 8. The predicted octanol–water partition coefficient (Wildman–Crippen LogP) is 6.50. The fraction of sp³-hybridized carbons (Fsp3) is 0.500. The first-order valence-corrected chi connectivity index (χ1v) is 15.5. The molecule has 2 fully saturated rings. The van der Waals surface area contributed by atoms with E-state index in [4.69, 9.17) is 14.5 Å². The van der Waals surface area contributed by atoms with Gasteiger partial charge in [0, 0.05) is 44.8 Å². The Balaban J connectivity index is 1.61. The highest BCUT2D eigenvalue weighted by atomic mass is 19.4. The summed E-state index contributed by atoms with van der Waals surface area (Å²) < 4.78 is 109. The van der Waals surface area contributed by atoms with Crippen molar-refractivity contribution < 1.29 is 45.3 Å². The smallest absolute Gasteiger partial charge is 0.394 e. The molecule has 14 heteroatoms. The summed E-state index contributed by atoms with van der Waals surface area (Å²) >= 11 is 0. The number of hydrogen-bond donors (Lipinski definition) is 1. The lowest BCUT2D eigenvalue weighted by Gasteiger charge is -2.48. The van der Waals surface area contributed by atoms with Gasteiger partial charge in [-0.15, -0.1) is 0 Å². The molecule has 3 aromatic rings. The Morgan fingerprint density at radius 1 is 0.979 bits per heavy atom. The highest BCUT2D eigenvalue weighted by molar-refractivity contribution is 5.82. The molecule has 0 radical (unpaired) electrons. The Labute approximate surface area is 274 Å². The number of piperazine rings is 1. The van der Waals surface area contributed by atoms with Crippen molar-refractivity contribution in [3.05, 3.63) is 76.7 Å². The van der Waals surface area contributed by atoms with Crippen LogP contribution in [0.2, 0.25) is 0 Å². The number of methoxy groups -OCH3 is 1. The van der Waals surface area contributed by atoms with Crippen LogP contribution in [0, 0.1) is 12.7 Å². The Bertz CT molecular complexity index is 1580. The van der Waals surface area contributed by atoms with Crippen LogP contribution in [0.1, 0.15) is 36.1 Å². The highest BCUT2D eigenvalue weighted by Crippen LogP contribution is 2.43. The van der Waals surface area contributed by atoms with Gasteiger partial charge in [0.15, 0.2) is 0 Å². The van der Waals surface area contributed by atoms with E-state index in [2.05, 4.69) is 4.90 Å². The van der Waals surface area contributed by atoms with E-state index < -0.39 is 40.9 Å². The van der Waals surface area contributed by atoms with E-state index in [0.29, 0.717) is 66.6 Å². The number of alkyl halides is 6. The van der Waals surface area contributed by atoms with Crippen LogP contribution in [0.5, 0.6) is 0 Å². The van der Waals surface area contributed by atoms with Gasteiger partial charge in [0.2, 0.25) is 0 Å². The van der Waals surface area contributed by atoms with Crippen molar-refractivity contribution in [3.8, 4) is 11.1 Å². The summed E-state index contributed by atoms with van der Waals surface area (Å²) in [5.41, 5.74) is -2.26. The summed E-state index contributed by atoms with van der Waals surface area (Å²) in [7, 11) is 2.94. The zero-order chi connectivity index (χ0) is 35.2. The highest BCUT2D eigenvalue weighted by Gasteiger charge is 2.42.